The lowest BCUT2D eigenvalue weighted by Crippen LogP contribution is -1.52. The van der Waals surface area contributed by atoms with Crippen LogP contribution in [0, 0.1) is 0 Å². The van der Waals surface area contributed by atoms with Crippen molar-refractivity contribution in [2.45, 2.75) is 0 Å². The number of rotatable bonds is 0. The van der Waals surface area contributed by atoms with Gasteiger partial charge in [-0.1, -0.05) is 7.87 Å². The summed E-state index contributed by atoms with van der Waals surface area (Å²) in [6, 6.07) is 0. The molecule has 1 rings (SSSR count). The second kappa shape index (κ2) is 1.75. The highest BCUT2D eigenvalue weighted by Crippen LogP contribution is 2.20. The van der Waals surface area contributed by atoms with Gasteiger partial charge < -0.3 is 0 Å². The highest BCUT2D eigenvalue weighted by molar-refractivity contribution is 8.02. The van der Waals surface area contributed by atoms with E-state index in [1.54, 1.807) is 0 Å². The zero-order valence-corrected chi connectivity index (χ0v) is 4.42. The van der Waals surface area contributed by atoms with Gasteiger partial charge in [-0.3, -0.25) is 0 Å². The van der Waals surface area contributed by atoms with Crippen molar-refractivity contribution in [3.05, 3.63) is 11.8 Å². The van der Waals surface area contributed by atoms with E-state index < -0.39 is 0 Å². The normalized spacial score (nSPS) is 22.4. The first-order valence-corrected chi connectivity index (χ1v) is 4.02. The molecule has 0 spiro atoms. The fourth-order valence-corrected chi connectivity index (χ4v) is 1.73. The largest absolute Gasteiger partial charge is 0.219 e. The molecule has 0 atom stereocenters. The van der Waals surface area contributed by atoms with E-state index in [0.29, 0.717) is 0 Å². The van der Waals surface area contributed by atoms with Crippen LogP contribution >= 0.6 is 15.6 Å². The Bertz CT molecular complexity index is 65.7. The third kappa shape index (κ3) is 0.872. The molecular weight excluding hydrogens is 96.8 g/mol. The van der Waals surface area contributed by atoms with E-state index in [-0.39, 0.29) is 0 Å². The number of hydrogen-bond donors (Lipinski definition) is 0. The van der Waals surface area contributed by atoms with Crippen LogP contribution in [0.1, 0.15) is 0 Å². The summed E-state index contributed by atoms with van der Waals surface area (Å²) in [6.45, 7) is 2.14. The summed E-state index contributed by atoms with van der Waals surface area (Å²) in [5, 5.41) is 0. The summed E-state index contributed by atoms with van der Waals surface area (Å²) in [7, 11) is 2.85. The predicted molar refractivity (Wildman–Crippen MR) is 28.7 cm³/mol. The first-order valence-electron chi connectivity index (χ1n) is 1.38. The van der Waals surface area contributed by atoms with Gasteiger partial charge in [-0.15, -0.1) is 13.7 Å². The molecule has 23 valence electrons. The summed E-state index contributed by atoms with van der Waals surface area (Å²) >= 11 is 0. The predicted octanol–water partition coefficient (Wildman–Crippen LogP) is 1.90. The lowest BCUT2D eigenvalue weighted by molar-refractivity contribution is 2.53. The summed E-state index contributed by atoms with van der Waals surface area (Å²) in [5.74, 6) is 4.23. The first-order chi connectivity index (χ1) is 2.50. The Hall–Kier alpha value is 0.405. The van der Waals surface area contributed by atoms with Crippen molar-refractivity contribution in [3.63, 3.8) is 0 Å². The van der Waals surface area contributed by atoms with Crippen molar-refractivity contribution in [3.8, 4) is 0 Å². The van der Waals surface area contributed by atoms with E-state index in [1.807, 2.05) is 0 Å². The van der Waals surface area contributed by atoms with Crippen LogP contribution in [-0.4, -0.2) is 7.00 Å². The van der Waals surface area contributed by atoms with Gasteiger partial charge >= 0.3 is 0 Å². The van der Waals surface area contributed by atoms with Gasteiger partial charge in [0.05, 0.1) is 0 Å². The van der Waals surface area contributed by atoms with Gasteiger partial charge in [-0.25, -0.2) is 0 Å². The number of hydrogen-bond acceptors (Lipinski definition) is 0. The van der Waals surface area contributed by atoms with E-state index >= 15 is 0 Å². The Morgan fingerprint density at radius 1 is 1.60 bits per heavy atom. The molecule has 0 aromatic rings. The molecule has 0 aliphatic carbocycles. The highest BCUT2D eigenvalue weighted by Gasteiger charge is 1.78. The molecule has 1 aliphatic heterocycles. The highest BCUT2D eigenvalue weighted by atomic mass is 31.7. The molecule has 0 aromatic heterocycles. The van der Waals surface area contributed by atoms with E-state index in [2.05, 4.69) is 18.8 Å². The molecule has 0 saturated carbocycles. The van der Waals surface area contributed by atoms with Gasteiger partial charge in [0, 0.05) is 0 Å². The second-order valence-corrected chi connectivity index (χ2v) is 3.17. The van der Waals surface area contributed by atoms with E-state index in [1.165, 1.54) is 15.6 Å². The van der Waals surface area contributed by atoms with Crippen LogP contribution in [-0.2, 0) is 0 Å². The van der Waals surface area contributed by atoms with Crippen molar-refractivity contribution < 1.29 is 0 Å². The maximum absolute atomic E-state index is 2.14. The smallest absolute Gasteiger partial charge is 0.123 e. The minimum Gasteiger partial charge on any atom is -0.123 e. The summed E-state index contributed by atoms with van der Waals surface area (Å²) in [4.78, 5) is 0. The van der Waals surface area contributed by atoms with E-state index in [4.69, 9.17) is 0 Å². The summed E-state index contributed by atoms with van der Waals surface area (Å²) in [5.41, 5.74) is 0. The maximum atomic E-state index is 2.14. The van der Waals surface area contributed by atoms with Crippen molar-refractivity contribution >= 4 is 22.6 Å². The zero-order valence-electron chi connectivity index (χ0n) is 2.63. The van der Waals surface area contributed by atoms with Gasteiger partial charge in [-0.2, -0.15) is 0 Å². The SMILES string of the molecule is [B]1C=CP=P1. The molecule has 5 heavy (non-hydrogen) atoms. The van der Waals surface area contributed by atoms with Crippen LogP contribution in [0.15, 0.2) is 11.8 Å². The Labute approximate surface area is 35.3 Å². The van der Waals surface area contributed by atoms with Crippen LogP contribution in [0.4, 0.5) is 0 Å². The molecule has 3 heteroatoms. The van der Waals surface area contributed by atoms with E-state index in [0.717, 1.165) is 0 Å². The average molecular weight is 98.8 g/mol. The molecule has 0 N–H and O–H groups in total. The fraction of sp³-hybridized carbons (Fsp3) is 0. The van der Waals surface area contributed by atoms with Gasteiger partial charge in [0.25, 0.3) is 0 Å². The third-order valence-corrected chi connectivity index (χ3v) is 2.32. The fourth-order valence-electron chi connectivity index (χ4n) is 0.192. The molecule has 0 saturated heterocycles. The molecule has 0 bridgehead atoms. The summed E-state index contributed by atoms with van der Waals surface area (Å²) < 4.78 is 0. The van der Waals surface area contributed by atoms with Crippen LogP contribution < -0.4 is 0 Å². The van der Waals surface area contributed by atoms with Gasteiger partial charge in [0.2, 0.25) is 7.00 Å². The minimum absolute atomic E-state index is 1.43. The monoisotopic (exact) mass is 99.0 g/mol. The Morgan fingerprint density at radius 3 is 2.80 bits per heavy atom. The molecule has 1 radical (unpaired) electrons. The van der Waals surface area contributed by atoms with Gasteiger partial charge in [0.15, 0.2) is 0 Å². The van der Waals surface area contributed by atoms with Crippen molar-refractivity contribution in [1.29, 1.82) is 0 Å². The lowest BCUT2D eigenvalue weighted by atomic mass is 10.1. The molecule has 0 aromatic carbocycles. The van der Waals surface area contributed by atoms with Crippen molar-refractivity contribution in [1.82, 2.24) is 0 Å². The van der Waals surface area contributed by atoms with Crippen molar-refractivity contribution in [2.24, 2.45) is 0 Å². The molecule has 0 unspecified atom stereocenters. The lowest BCUT2D eigenvalue weighted by Gasteiger charge is -1.49. The Balaban J connectivity index is 2.61. The van der Waals surface area contributed by atoms with Crippen molar-refractivity contribution in [2.75, 3.05) is 0 Å². The maximum Gasteiger partial charge on any atom is 0.219 e. The first kappa shape index (κ1) is 3.59. The van der Waals surface area contributed by atoms with Crippen LogP contribution in [0.2, 0.25) is 0 Å². The van der Waals surface area contributed by atoms with Crippen LogP contribution in [0.3, 0.4) is 0 Å². The summed E-state index contributed by atoms with van der Waals surface area (Å²) in [6.07, 6.45) is 0. The molecule has 1 aliphatic rings. The Kier molecular flexibility index (Phi) is 1.26. The standard InChI is InChI=1S/C2H2BP2/c1-2-4-5-3-1/h1-2H. The molecule has 0 amide bonds. The minimum atomic E-state index is 1.43. The topological polar surface area (TPSA) is 0 Å². The molecule has 0 fully saturated rings. The van der Waals surface area contributed by atoms with Crippen LogP contribution in [0.5, 0.6) is 0 Å². The third-order valence-electron chi connectivity index (χ3n) is 0.372. The average Bonchev–Trinajstić information content (AvgIpc) is 1.76. The second-order valence-electron chi connectivity index (χ2n) is 0.722. The van der Waals surface area contributed by atoms with E-state index in [9.17, 15) is 0 Å². The zero-order chi connectivity index (χ0) is 3.54. The quantitative estimate of drug-likeness (QED) is 0.321. The Morgan fingerprint density at radius 2 is 2.60 bits per heavy atom. The van der Waals surface area contributed by atoms with Gasteiger partial charge in [0.1, 0.15) is 0 Å². The molecule has 0 nitrogen and oxygen atoms in total. The molecule has 1 heterocycles. The molecular formula is C2H2BP2. The van der Waals surface area contributed by atoms with Gasteiger partial charge in [-0.05, 0) is 5.82 Å². The van der Waals surface area contributed by atoms with Crippen LogP contribution in [0.25, 0.3) is 0 Å².